The van der Waals surface area contributed by atoms with Gasteiger partial charge in [0.1, 0.15) is 0 Å². The van der Waals surface area contributed by atoms with Gasteiger partial charge in [0, 0.05) is 44.8 Å². The molecule has 0 radical (unpaired) electrons. The molecule has 1 aliphatic carbocycles. The van der Waals surface area contributed by atoms with Crippen LogP contribution in [0.1, 0.15) is 47.2 Å². The minimum Gasteiger partial charge on any atom is -0.391 e. The van der Waals surface area contributed by atoms with E-state index in [1.54, 1.807) is 0 Å². The predicted molar refractivity (Wildman–Crippen MR) is 115 cm³/mol. The molecule has 3 aliphatic rings. The zero-order chi connectivity index (χ0) is 20.0. The van der Waals surface area contributed by atoms with Crippen molar-refractivity contribution < 1.29 is 9.90 Å². The van der Waals surface area contributed by atoms with E-state index in [4.69, 9.17) is 0 Å². The van der Waals surface area contributed by atoms with E-state index in [0.29, 0.717) is 6.54 Å². The number of benzene rings is 2. The number of rotatable bonds is 3. The van der Waals surface area contributed by atoms with Gasteiger partial charge in [0.25, 0.3) is 5.91 Å². The predicted octanol–water partition coefficient (Wildman–Crippen LogP) is 2.85. The van der Waals surface area contributed by atoms with E-state index in [-0.39, 0.29) is 11.9 Å². The fourth-order valence-corrected chi connectivity index (χ4v) is 5.37. The second-order valence-corrected chi connectivity index (χ2v) is 9.04. The van der Waals surface area contributed by atoms with Gasteiger partial charge in [-0.05, 0) is 47.9 Å². The monoisotopic (exact) mass is 393 g/mol. The highest BCUT2D eigenvalue weighted by Crippen LogP contribution is 2.36. The van der Waals surface area contributed by atoms with Crippen LogP contribution in [-0.2, 0) is 13.1 Å². The fraction of sp³-hybridized carbons (Fsp3) is 0.542. The summed E-state index contributed by atoms with van der Waals surface area (Å²) in [7, 11) is 2.18. The molecule has 154 valence electrons. The van der Waals surface area contributed by atoms with Crippen LogP contribution in [-0.4, -0.2) is 71.1 Å². The maximum atomic E-state index is 13.4. The topological polar surface area (TPSA) is 47.0 Å². The second kappa shape index (κ2) is 7.71. The maximum absolute atomic E-state index is 13.4. The Morgan fingerprint density at radius 3 is 2.52 bits per heavy atom. The van der Waals surface area contributed by atoms with Gasteiger partial charge < -0.3 is 14.9 Å². The Bertz CT molecular complexity index is 920. The zero-order valence-corrected chi connectivity index (χ0v) is 17.3. The summed E-state index contributed by atoms with van der Waals surface area (Å²) in [5.74, 6) is 0.108. The lowest BCUT2D eigenvalue weighted by molar-refractivity contribution is 0.0192. The van der Waals surface area contributed by atoms with Gasteiger partial charge in [-0.15, -0.1) is 0 Å². The van der Waals surface area contributed by atoms with E-state index in [0.717, 1.165) is 69.5 Å². The maximum Gasteiger partial charge on any atom is 0.254 e. The first-order chi connectivity index (χ1) is 14.1. The molecule has 5 rings (SSSR count). The summed E-state index contributed by atoms with van der Waals surface area (Å²) in [6, 6.07) is 10.6. The first kappa shape index (κ1) is 19.0. The number of carbonyl (C=O) groups excluding carboxylic acids is 1. The van der Waals surface area contributed by atoms with Crippen LogP contribution in [0.5, 0.6) is 0 Å². The zero-order valence-electron chi connectivity index (χ0n) is 17.3. The minimum atomic E-state index is -0.391. The molecular formula is C24H31N3O2. The number of aliphatic hydroxyl groups excluding tert-OH is 1. The van der Waals surface area contributed by atoms with E-state index in [1.165, 1.54) is 16.3 Å². The van der Waals surface area contributed by atoms with E-state index >= 15 is 0 Å². The number of amides is 1. The summed E-state index contributed by atoms with van der Waals surface area (Å²) in [6.07, 6.45) is 3.48. The number of carbonyl (C=O) groups is 1. The quantitative estimate of drug-likeness (QED) is 0.871. The molecule has 1 saturated heterocycles. The molecule has 0 aromatic heterocycles. The summed E-state index contributed by atoms with van der Waals surface area (Å²) >= 11 is 0. The molecule has 2 aromatic rings. The van der Waals surface area contributed by atoms with Gasteiger partial charge in [0.2, 0.25) is 0 Å². The molecule has 2 heterocycles. The largest absolute Gasteiger partial charge is 0.391 e. The van der Waals surface area contributed by atoms with Crippen molar-refractivity contribution in [3.8, 4) is 0 Å². The van der Waals surface area contributed by atoms with Crippen LogP contribution in [0.15, 0.2) is 30.3 Å². The first-order valence-electron chi connectivity index (χ1n) is 11.1. The number of hydrogen-bond donors (Lipinski definition) is 1. The summed E-state index contributed by atoms with van der Waals surface area (Å²) in [6.45, 7) is 5.84. The highest BCUT2D eigenvalue weighted by molar-refractivity contribution is 6.05. The average Bonchev–Trinajstić information content (AvgIpc) is 3.07. The number of likely N-dealkylation sites (N-methyl/N-ethyl adjacent to an activating group) is 1. The van der Waals surface area contributed by atoms with Crippen molar-refractivity contribution in [2.24, 2.45) is 0 Å². The molecule has 2 fully saturated rings. The van der Waals surface area contributed by atoms with Gasteiger partial charge in [-0.2, -0.15) is 0 Å². The van der Waals surface area contributed by atoms with Crippen molar-refractivity contribution in [2.75, 3.05) is 33.2 Å². The Labute approximate surface area is 172 Å². The normalized spacial score (nSPS) is 26.3. The molecule has 0 spiro atoms. The van der Waals surface area contributed by atoms with E-state index < -0.39 is 6.10 Å². The lowest BCUT2D eigenvalue weighted by Gasteiger charge is -2.35. The number of nitrogens with zero attached hydrogens (tertiary/aromatic N) is 3. The van der Waals surface area contributed by atoms with Gasteiger partial charge in [-0.3, -0.25) is 9.69 Å². The van der Waals surface area contributed by atoms with Crippen molar-refractivity contribution in [1.82, 2.24) is 14.7 Å². The molecule has 5 heteroatoms. The van der Waals surface area contributed by atoms with Crippen molar-refractivity contribution in [3.63, 3.8) is 0 Å². The third-order valence-electron chi connectivity index (χ3n) is 7.15. The van der Waals surface area contributed by atoms with Crippen LogP contribution in [0.4, 0.5) is 0 Å². The summed E-state index contributed by atoms with van der Waals surface area (Å²) in [5, 5.41) is 13.0. The number of hydrogen-bond acceptors (Lipinski definition) is 4. The Kier molecular flexibility index (Phi) is 5.06. The fourth-order valence-electron chi connectivity index (χ4n) is 5.37. The highest BCUT2D eigenvalue weighted by atomic mass is 16.3. The van der Waals surface area contributed by atoms with Crippen LogP contribution in [0, 0.1) is 0 Å². The molecule has 0 bridgehead atoms. The lowest BCUT2D eigenvalue weighted by atomic mass is 9.91. The number of fused-ring (bicyclic) bond motifs is 3. The van der Waals surface area contributed by atoms with Gasteiger partial charge in [0.15, 0.2) is 0 Å². The van der Waals surface area contributed by atoms with Gasteiger partial charge in [0.05, 0.1) is 12.1 Å². The molecule has 1 amide bonds. The Morgan fingerprint density at radius 1 is 1.03 bits per heavy atom. The third-order valence-corrected chi connectivity index (χ3v) is 7.15. The summed E-state index contributed by atoms with van der Waals surface area (Å²) < 4.78 is 0. The Hall–Kier alpha value is -1.95. The van der Waals surface area contributed by atoms with Crippen LogP contribution in [0.3, 0.4) is 0 Å². The third kappa shape index (κ3) is 3.45. The van der Waals surface area contributed by atoms with Crippen LogP contribution < -0.4 is 0 Å². The van der Waals surface area contributed by atoms with E-state index in [1.807, 2.05) is 4.90 Å². The molecule has 2 aliphatic heterocycles. The van der Waals surface area contributed by atoms with Crippen molar-refractivity contribution in [1.29, 1.82) is 0 Å². The van der Waals surface area contributed by atoms with Crippen molar-refractivity contribution in [3.05, 3.63) is 47.0 Å². The van der Waals surface area contributed by atoms with Crippen LogP contribution in [0.2, 0.25) is 0 Å². The van der Waals surface area contributed by atoms with Crippen LogP contribution >= 0.6 is 0 Å². The SMILES string of the molecule is CN1CCN(Cc2cc3c(c4ccccc24)CN([C@H]2CCCC[C@@H]2O)C3=O)CC1. The molecule has 2 aromatic carbocycles. The van der Waals surface area contributed by atoms with Gasteiger partial charge in [-0.1, -0.05) is 37.1 Å². The van der Waals surface area contributed by atoms with Crippen LogP contribution in [0.25, 0.3) is 10.8 Å². The molecular weight excluding hydrogens is 362 g/mol. The average molecular weight is 394 g/mol. The Morgan fingerprint density at radius 2 is 1.76 bits per heavy atom. The van der Waals surface area contributed by atoms with Gasteiger partial charge >= 0.3 is 0 Å². The molecule has 2 atom stereocenters. The second-order valence-electron chi connectivity index (χ2n) is 9.04. The molecule has 5 nitrogen and oxygen atoms in total. The van der Waals surface area contributed by atoms with Crippen molar-refractivity contribution in [2.45, 2.75) is 50.9 Å². The molecule has 1 saturated carbocycles. The lowest BCUT2D eigenvalue weighted by Crippen LogP contribution is -2.45. The highest BCUT2D eigenvalue weighted by Gasteiger charge is 2.38. The standard InChI is InChI=1S/C24H31N3O2/c1-25-10-12-26(13-11-25)15-17-14-20-21(19-7-3-2-6-18(17)19)16-27(24(20)29)22-8-4-5-9-23(22)28/h2-3,6-7,14,22-23,28H,4-5,8-13,15-16H2,1H3/t22-,23-/m0/s1. The summed E-state index contributed by atoms with van der Waals surface area (Å²) in [4.78, 5) is 20.2. The van der Waals surface area contributed by atoms with Gasteiger partial charge in [-0.25, -0.2) is 0 Å². The Balaban J connectivity index is 1.49. The smallest absolute Gasteiger partial charge is 0.254 e. The number of aliphatic hydroxyl groups is 1. The molecule has 0 unspecified atom stereocenters. The van der Waals surface area contributed by atoms with E-state index in [2.05, 4.69) is 47.2 Å². The minimum absolute atomic E-state index is 0.0384. The molecule has 1 N–H and O–H groups in total. The van der Waals surface area contributed by atoms with E-state index in [9.17, 15) is 9.90 Å². The van der Waals surface area contributed by atoms with Crippen molar-refractivity contribution >= 4 is 16.7 Å². The molecule has 29 heavy (non-hydrogen) atoms. The summed E-state index contributed by atoms with van der Waals surface area (Å²) in [5.41, 5.74) is 3.25. The number of piperazine rings is 1. The first-order valence-corrected chi connectivity index (χ1v) is 11.1.